The van der Waals surface area contributed by atoms with Crippen LogP contribution in [0.3, 0.4) is 0 Å². The molecule has 1 aliphatic carbocycles. The number of ether oxygens (including phenoxy) is 1. The standard InChI is InChI=1S/C22H38N2O4/c1-15-7-9-16(10-8-15)12-22(5,6)19(26)23-17-11-18(14-25)24(13-17)20(27)28-21(2,3)4/h14-18H,7-13H2,1-6H3,(H,23,26)/t15?,16?,17-,18-/m0/s1. The number of carbonyl (C=O) groups excluding carboxylic acids is 3. The first-order valence-corrected chi connectivity index (χ1v) is 10.7. The van der Waals surface area contributed by atoms with E-state index in [4.69, 9.17) is 4.74 Å². The maximum atomic E-state index is 12.9. The van der Waals surface area contributed by atoms with E-state index < -0.39 is 23.2 Å². The molecule has 6 nitrogen and oxygen atoms in total. The van der Waals surface area contributed by atoms with Crippen molar-refractivity contribution in [1.82, 2.24) is 10.2 Å². The van der Waals surface area contributed by atoms with E-state index in [1.54, 1.807) is 20.8 Å². The number of hydrogen-bond donors (Lipinski definition) is 1. The van der Waals surface area contributed by atoms with Crippen molar-refractivity contribution < 1.29 is 19.1 Å². The van der Waals surface area contributed by atoms with Crippen molar-refractivity contribution in [2.45, 2.75) is 97.8 Å². The van der Waals surface area contributed by atoms with Crippen molar-refractivity contribution in [2.75, 3.05) is 6.54 Å². The van der Waals surface area contributed by atoms with Crippen LogP contribution in [0.5, 0.6) is 0 Å². The molecule has 1 heterocycles. The molecule has 2 amide bonds. The summed E-state index contributed by atoms with van der Waals surface area (Å²) in [5.74, 6) is 1.40. The van der Waals surface area contributed by atoms with Gasteiger partial charge in [0.2, 0.25) is 5.91 Å². The normalized spacial score (nSPS) is 28.7. The molecule has 2 atom stereocenters. The van der Waals surface area contributed by atoms with Crippen molar-refractivity contribution in [3.05, 3.63) is 0 Å². The Morgan fingerprint density at radius 2 is 1.71 bits per heavy atom. The van der Waals surface area contributed by atoms with Crippen LogP contribution in [-0.4, -0.2) is 47.4 Å². The maximum absolute atomic E-state index is 12.9. The number of likely N-dealkylation sites (tertiary alicyclic amines) is 1. The highest BCUT2D eigenvalue weighted by Crippen LogP contribution is 2.37. The van der Waals surface area contributed by atoms with E-state index in [0.717, 1.165) is 18.6 Å². The van der Waals surface area contributed by atoms with Gasteiger partial charge >= 0.3 is 6.09 Å². The second-order valence-electron chi connectivity index (χ2n) is 10.5. The summed E-state index contributed by atoms with van der Waals surface area (Å²) >= 11 is 0. The van der Waals surface area contributed by atoms with Crippen molar-refractivity contribution in [2.24, 2.45) is 17.3 Å². The Morgan fingerprint density at radius 3 is 2.25 bits per heavy atom. The molecule has 2 rings (SSSR count). The lowest BCUT2D eigenvalue weighted by Gasteiger charge is -2.33. The minimum absolute atomic E-state index is 0.00631. The molecular weight excluding hydrogens is 356 g/mol. The Bertz CT molecular complexity index is 574. The summed E-state index contributed by atoms with van der Waals surface area (Å²) in [5, 5.41) is 3.08. The first-order valence-electron chi connectivity index (χ1n) is 10.7. The van der Waals surface area contributed by atoms with Gasteiger partial charge in [0.05, 0.1) is 6.04 Å². The van der Waals surface area contributed by atoms with Crippen LogP contribution in [0, 0.1) is 17.3 Å². The highest BCUT2D eigenvalue weighted by molar-refractivity contribution is 5.82. The van der Waals surface area contributed by atoms with Crippen LogP contribution >= 0.6 is 0 Å². The number of rotatable bonds is 5. The van der Waals surface area contributed by atoms with E-state index in [2.05, 4.69) is 12.2 Å². The number of nitrogens with one attached hydrogen (secondary N) is 1. The Balaban J connectivity index is 1.92. The monoisotopic (exact) mass is 394 g/mol. The Hall–Kier alpha value is -1.59. The van der Waals surface area contributed by atoms with E-state index in [1.807, 2.05) is 13.8 Å². The van der Waals surface area contributed by atoms with Gasteiger partial charge in [-0.25, -0.2) is 4.79 Å². The van der Waals surface area contributed by atoms with Gasteiger partial charge in [-0.05, 0) is 45.4 Å². The van der Waals surface area contributed by atoms with Crippen molar-refractivity contribution in [3.63, 3.8) is 0 Å². The summed E-state index contributed by atoms with van der Waals surface area (Å²) < 4.78 is 5.40. The fraction of sp³-hybridized carbons (Fsp3) is 0.864. The fourth-order valence-corrected chi connectivity index (χ4v) is 4.36. The predicted octanol–water partition coefficient (Wildman–Crippen LogP) is 3.92. The molecule has 1 saturated carbocycles. The summed E-state index contributed by atoms with van der Waals surface area (Å²) in [5.41, 5.74) is -1.08. The summed E-state index contributed by atoms with van der Waals surface area (Å²) in [6, 6.07) is -0.774. The van der Waals surface area contributed by atoms with Crippen molar-refractivity contribution >= 4 is 18.3 Å². The molecule has 0 radical (unpaired) electrons. The summed E-state index contributed by atoms with van der Waals surface area (Å²) in [6.45, 7) is 12.0. The first-order chi connectivity index (χ1) is 12.9. The second-order valence-corrected chi connectivity index (χ2v) is 10.5. The van der Waals surface area contributed by atoms with Crippen LogP contribution in [-0.2, 0) is 14.3 Å². The lowest BCUT2D eigenvalue weighted by molar-refractivity contribution is -0.131. The lowest BCUT2D eigenvalue weighted by Crippen LogP contribution is -2.46. The summed E-state index contributed by atoms with van der Waals surface area (Å²) in [6.07, 6.45) is 6.47. The average molecular weight is 395 g/mol. The molecule has 0 bridgehead atoms. The van der Waals surface area contributed by atoms with Gasteiger partial charge in [-0.2, -0.15) is 0 Å². The highest BCUT2D eigenvalue weighted by Gasteiger charge is 2.40. The largest absolute Gasteiger partial charge is 0.444 e. The van der Waals surface area contributed by atoms with E-state index in [9.17, 15) is 14.4 Å². The van der Waals surface area contributed by atoms with Crippen molar-refractivity contribution in [1.29, 1.82) is 0 Å². The minimum Gasteiger partial charge on any atom is -0.444 e. The predicted molar refractivity (Wildman–Crippen MR) is 109 cm³/mol. The van der Waals surface area contributed by atoms with Gasteiger partial charge in [-0.3, -0.25) is 9.69 Å². The Kier molecular flexibility index (Phi) is 7.16. The third-order valence-corrected chi connectivity index (χ3v) is 6.01. The van der Waals surface area contributed by atoms with Gasteiger partial charge in [-0.15, -0.1) is 0 Å². The topological polar surface area (TPSA) is 75.7 Å². The number of nitrogens with zero attached hydrogens (tertiary/aromatic N) is 1. The van der Waals surface area contributed by atoms with Gasteiger partial charge in [0.15, 0.2) is 0 Å². The molecule has 0 spiro atoms. The molecule has 0 aromatic carbocycles. The molecule has 1 N–H and O–H groups in total. The molecule has 6 heteroatoms. The quantitative estimate of drug-likeness (QED) is 0.717. The van der Waals surface area contributed by atoms with Crippen LogP contribution in [0.4, 0.5) is 4.79 Å². The highest BCUT2D eigenvalue weighted by atomic mass is 16.6. The van der Waals surface area contributed by atoms with Crippen LogP contribution in [0.2, 0.25) is 0 Å². The zero-order chi connectivity index (χ0) is 21.1. The van der Waals surface area contributed by atoms with E-state index >= 15 is 0 Å². The number of aldehydes is 1. The zero-order valence-corrected chi connectivity index (χ0v) is 18.4. The summed E-state index contributed by atoms with van der Waals surface area (Å²) in [4.78, 5) is 38.2. The van der Waals surface area contributed by atoms with Gasteiger partial charge in [0.25, 0.3) is 0 Å². The van der Waals surface area contributed by atoms with E-state index in [0.29, 0.717) is 18.9 Å². The molecule has 0 aromatic heterocycles. The van der Waals surface area contributed by atoms with Crippen LogP contribution in [0.1, 0.15) is 80.1 Å². The third-order valence-electron chi connectivity index (χ3n) is 6.01. The number of carbonyl (C=O) groups is 3. The van der Waals surface area contributed by atoms with Crippen LogP contribution in [0.25, 0.3) is 0 Å². The Morgan fingerprint density at radius 1 is 1.11 bits per heavy atom. The molecule has 2 fully saturated rings. The van der Waals surface area contributed by atoms with Crippen LogP contribution < -0.4 is 5.32 Å². The molecule has 1 aliphatic heterocycles. The maximum Gasteiger partial charge on any atom is 0.410 e. The van der Waals surface area contributed by atoms with Gasteiger partial charge in [0, 0.05) is 18.0 Å². The van der Waals surface area contributed by atoms with E-state index in [-0.39, 0.29) is 11.9 Å². The number of amides is 2. The number of hydrogen-bond acceptors (Lipinski definition) is 4. The average Bonchev–Trinajstić information content (AvgIpc) is 2.98. The SMILES string of the molecule is CC1CCC(CC(C)(C)C(=O)N[C@H]2C[C@@H](C=O)N(C(=O)OC(C)(C)C)C2)CC1. The lowest BCUT2D eigenvalue weighted by atomic mass is 9.74. The van der Waals surface area contributed by atoms with Gasteiger partial charge < -0.3 is 14.8 Å². The van der Waals surface area contributed by atoms with Crippen LogP contribution in [0.15, 0.2) is 0 Å². The molecule has 160 valence electrons. The first kappa shape index (κ1) is 22.7. The summed E-state index contributed by atoms with van der Waals surface area (Å²) in [7, 11) is 0. The molecule has 0 unspecified atom stereocenters. The fourth-order valence-electron chi connectivity index (χ4n) is 4.36. The smallest absolute Gasteiger partial charge is 0.410 e. The van der Waals surface area contributed by atoms with E-state index in [1.165, 1.54) is 30.6 Å². The zero-order valence-electron chi connectivity index (χ0n) is 18.4. The molecule has 0 aromatic rings. The third kappa shape index (κ3) is 6.21. The van der Waals surface area contributed by atoms with Gasteiger partial charge in [0.1, 0.15) is 11.9 Å². The van der Waals surface area contributed by atoms with Gasteiger partial charge in [-0.1, -0.05) is 46.5 Å². The Labute approximate surface area is 169 Å². The molecule has 1 saturated heterocycles. The molecule has 28 heavy (non-hydrogen) atoms. The molecule has 2 aliphatic rings. The second kappa shape index (κ2) is 8.83. The molecular formula is C22H38N2O4. The van der Waals surface area contributed by atoms with Crippen molar-refractivity contribution in [3.8, 4) is 0 Å². The minimum atomic E-state index is -0.620.